The van der Waals surface area contributed by atoms with Gasteiger partial charge in [0.05, 0.1) is 13.2 Å². The fraction of sp³-hybridized carbons (Fsp3) is 0.750. The van der Waals surface area contributed by atoms with Crippen molar-refractivity contribution in [3.63, 3.8) is 0 Å². The minimum atomic E-state index is 0.675. The molecule has 0 radical (unpaired) electrons. The Labute approximate surface area is 118 Å². The van der Waals surface area contributed by atoms with Gasteiger partial charge in [-0.05, 0) is 12.2 Å². The standard InChI is InChI=1S/C12H21N5OS/c1-3-5-13-10-14-11(16-12(15-10)19-4-2)17-6-8-18-9-7-17/h3-9H2,1-2H3,(H,13,14,15,16). The van der Waals surface area contributed by atoms with Crippen molar-refractivity contribution >= 4 is 23.7 Å². The molecule has 6 nitrogen and oxygen atoms in total. The number of nitrogens with one attached hydrogen (secondary N) is 1. The molecule has 1 fully saturated rings. The van der Waals surface area contributed by atoms with E-state index in [1.54, 1.807) is 11.8 Å². The summed E-state index contributed by atoms with van der Waals surface area (Å²) in [6.07, 6.45) is 1.05. The molecule has 0 unspecified atom stereocenters. The predicted octanol–water partition coefficient (Wildman–Crippen LogP) is 1.64. The summed E-state index contributed by atoms with van der Waals surface area (Å²) in [7, 11) is 0. The van der Waals surface area contributed by atoms with Crippen LogP contribution in [0.2, 0.25) is 0 Å². The highest BCUT2D eigenvalue weighted by Crippen LogP contribution is 2.19. The summed E-state index contributed by atoms with van der Waals surface area (Å²) in [5.41, 5.74) is 0. The van der Waals surface area contributed by atoms with Crippen LogP contribution in [0.3, 0.4) is 0 Å². The lowest BCUT2D eigenvalue weighted by Crippen LogP contribution is -2.37. The maximum absolute atomic E-state index is 5.36. The zero-order valence-electron chi connectivity index (χ0n) is 11.6. The Hall–Kier alpha value is -1.08. The van der Waals surface area contributed by atoms with Gasteiger partial charge in [0, 0.05) is 19.6 Å². The molecular weight excluding hydrogens is 262 g/mol. The van der Waals surface area contributed by atoms with Gasteiger partial charge >= 0.3 is 0 Å². The summed E-state index contributed by atoms with van der Waals surface area (Å²) in [6, 6.07) is 0. The first-order chi connectivity index (χ1) is 9.33. The summed E-state index contributed by atoms with van der Waals surface area (Å²) in [4.78, 5) is 15.6. The van der Waals surface area contributed by atoms with Gasteiger partial charge in [-0.25, -0.2) is 0 Å². The molecule has 1 N–H and O–H groups in total. The molecule has 2 rings (SSSR count). The van der Waals surface area contributed by atoms with E-state index in [9.17, 15) is 0 Å². The fourth-order valence-corrected chi connectivity index (χ4v) is 2.32. The molecule has 0 bridgehead atoms. The van der Waals surface area contributed by atoms with Gasteiger partial charge in [0.25, 0.3) is 0 Å². The van der Waals surface area contributed by atoms with Gasteiger partial charge in [0.15, 0.2) is 5.16 Å². The van der Waals surface area contributed by atoms with Crippen molar-refractivity contribution in [2.24, 2.45) is 0 Å². The van der Waals surface area contributed by atoms with Crippen LogP contribution >= 0.6 is 11.8 Å². The van der Waals surface area contributed by atoms with Gasteiger partial charge in [-0.3, -0.25) is 0 Å². The Morgan fingerprint density at radius 1 is 1.21 bits per heavy atom. The van der Waals surface area contributed by atoms with Crippen molar-refractivity contribution in [2.45, 2.75) is 25.4 Å². The van der Waals surface area contributed by atoms with Gasteiger partial charge in [0.2, 0.25) is 11.9 Å². The molecule has 0 aliphatic carbocycles. The zero-order chi connectivity index (χ0) is 13.5. The molecule has 1 aliphatic rings. The second kappa shape index (κ2) is 7.49. The molecule has 0 spiro atoms. The average Bonchev–Trinajstić information content (AvgIpc) is 2.46. The topological polar surface area (TPSA) is 63.2 Å². The molecule has 0 saturated carbocycles. The third-order valence-corrected chi connectivity index (χ3v) is 3.43. The highest BCUT2D eigenvalue weighted by Gasteiger charge is 2.16. The van der Waals surface area contributed by atoms with Crippen molar-refractivity contribution in [3.8, 4) is 0 Å². The molecule has 1 aromatic heterocycles. The highest BCUT2D eigenvalue weighted by atomic mass is 32.2. The lowest BCUT2D eigenvalue weighted by atomic mass is 10.4. The van der Waals surface area contributed by atoms with Crippen LogP contribution in [0.25, 0.3) is 0 Å². The quantitative estimate of drug-likeness (QED) is 0.796. The first kappa shape index (κ1) is 14.3. The van der Waals surface area contributed by atoms with E-state index in [0.29, 0.717) is 5.95 Å². The van der Waals surface area contributed by atoms with Crippen LogP contribution in [0.1, 0.15) is 20.3 Å². The number of ether oxygens (including phenoxy) is 1. The van der Waals surface area contributed by atoms with Gasteiger partial charge in [0.1, 0.15) is 0 Å². The number of anilines is 2. The van der Waals surface area contributed by atoms with Crippen LogP contribution < -0.4 is 10.2 Å². The van der Waals surface area contributed by atoms with Crippen molar-refractivity contribution in [1.29, 1.82) is 0 Å². The Balaban J connectivity index is 2.17. The first-order valence-electron chi connectivity index (χ1n) is 6.79. The second-order valence-corrected chi connectivity index (χ2v) is 5.43. The lowest BCUT2D eigenvalue weighted by molar-refractivity contribution is 0.122. The molecule has 106 valence electrons. The molecule has 1 aliphatic heterocycles. The van der Waals surface area contributed by atoms with E-state index in [-0.39, 0.29) is 0 Å². The SMILES string of the molecule is CCCNc1nc(SCC)nc(N2CCOCC2)n1. The van der Waals surface area contributed by atoms with E-state index in [4.69, 9.17) is 4.74 Å². The number of morpholine rings is 1. The summed E-state index contributed by atoms with van der Waals surface area (Å²) < 4.78 is 5.36. The largest absolute Gasteiger partial charge is 0.378 e. The fourth-order valence-electron chi connectivity index (χ4n) is 1.76. The van der Waals surface area contributed by atoms with Crippen molar-refractivity contribution < 1.29 is 4.74 Å². The number of aromatic nitrogens is 3. The van der Waals surface area contributed by atoms with Crippen molar-refractivity contribution in [3.05, 3.63) is 0 Å². The normalized spacial score (nSPS) is 15.6. The van der Waals surface area contributed by atoms with E-state index >= 15 is 0 Å². The number of thioether (sulfide) groups is 1. The molecule has 19 heavy (non-hydrogen) atoms. The van der Waals surface area contributed by atoms with Crippen LogP contribution in [0, 0.1) is 0 Å². The van der Waals surface area contributed by atoms with Gasteiger partial charge < -0.3 is 15.0 Å². The first-order valence-corrected chi connectivity index (χ1v) is 7.77. The summed E-state index contributed by atoms with van der Waals surface area (Å²) in [6.45, 7) is 8.25. The van der Waals surface area contributed by atoms with Crippen LogP contribution in [0.15, 0.2) is 5.16 Å². The van der Waals surface area contributed by atoms with E-state index < -0.39 is 0 Å². The number of hydrogen-bond donors (Lipinski definition) is 1. The summed E-state index contributed by atoms with van der Waals surface area (Å²) in [5, 5.41) is 4.03. The van der Waals surface area contributed by atoms with Crippen LogP contribution in [-0.2, 0) is 4.74 Å². The lowest BCUT2D eigenvalue weighted by Gasteiger charge is -2.27. The van der Waals surface area contributed by atoms with E-state index in [1.165, 1.54) is 0 Å². The van der Waals surface area contributed by atoms with Crippen molar-refractivity contribution in [2.75, 3.05) is 48.8 Å². The molecule has 2 heterocycles. The van der Waals surface area contributed by atoms with Gasteiger partial charge in [-0.2, -0.15) is 15.0 Å². The Morgan fingerprint density at radius 2 is 2.00 bits per heavy atom. The second-order valence-electron chi connectivity index (χ2n) is 4.20. The summed E-state index contributed by atoms with van der Waals surface area (Å²) >= 11 is 1.64. The van der Waals surface area contributed by atoms with Gasteiger partial charge in [-0.1, -0.05) is 25.6 Å². The maximum atomic E-state index is 5.36. The molecule has 0 atom stereocenters. The minimum Gasteiger partial charge on any atom is -0.378 e. The van der Waals surface area contributed by atoms with Crippen LogP contribution in [0.5, 0.6) is 0 Å². The molecule has 0 aromatic carbocycles. The Kier molecular flexibility index (Phi) is 5.65. The third kappa shape index (κ3) is 4.21. The van der Waals surface area contributed by atoms with Gasteiger partial charge in [-0.15, -0.1) is 0 Å². The average molecular weight is 283 g/mol. The number of rotatable bonds is 6. The zero-order valence-corrected chi connectivity index (χ0v) is 12.4. The maximum Gasteiger partial charge on any atom is 0.231 e. The number of nitrogens with zero attached hydrogens (tertiary/aromatic N) is 4. The smallest absolute Gasteiger partial charge is 0.231 e. The molecule has 1 saturated heterocycles. The Bertz CT molecular complexity index is 398. The predicted molar refractivity (Wildman–Crippen MR) is 78.0 cm³/mol. The molecule has 0 amide bonds. The minimum absolute atomic E-state index is 0.675. The Morgan fingerprint density at radius 3 is 2.68 bits per heavy atom. The molecule has 7 heteroatoms. The van der Waals surface area contributed by atoms with Crippen LogP contribution in [0.4, 0.5) is 11.9 Å². The van der Waals surface area contributed by atoms with Crippen molar-refractivity contribution in [1.82, 2.24) is 15.0 Å². The van der Waals surface area contributed by atoms with E-state index in [1.807, 2.05) is 0 Å². The highest BCUT2D eigenvalue weighted by molar-refractivity contribution is 7.99. The van der Waals surface area contributed by atoms with E-state index in [0.717, 1.165) is 56.1 Å². The third-order valence-electron chi connectivity index (χ3n) is 2.70. The number of hydrogen-bond acceptors (Lipinski definition) is 7. The monoisotopic (exact) mass is 283 g/mol. The molecule has 1 aromatic rings. The molecular formula is C12H21N5OS. The van der Waals surface area contributed by atoms with E-state index in [2.05, 4.69) is 39.0 Å². The van der Waals surface area contributed by atoms with Crippen LogP contribution in [-0.4, -0.2) is 53.6 Å². The summed E-state index contributed by atoms with van der Waals surface area (Å²) in [5.74, 6) is 2.39.